The zero-order valence-corrected chi connectivity index (χ0v) is 24.0. The maximum Gasteiger partial charge on any atom is 0.234 e. The second-order valence-corrected chi connectivity index (χ2v) is 12.2. The van der Waals surface area contributed by atoms with Crippen LogP contribution in [0, 0.1) is 0 Å². The van der Waals surface area contributed by atoms with Crippen LogP contribution in [0.15, 0.2) is 128 Å². The third-order valence-corrected chi connectivity index (χ3v) is 9.65. The van der Waals surface area contributed by atoms with Gasteiger partial charge in [-0.2, -0.15) is 0 Å². The van der Waals surface area contributed by atoms with E-state index in [-0.39, 0.29) is 17.5 Å². The van der Waals surface area contributed by atoms with Crippen molar-refractivity contribution in [2.75, 3.05) is 9.80 Å². The Morgan fingerprint density at radius 3 is 1.93 bits per heavy atom. The Balaban J connectivity index is 1.14. The summed E-state index contributed by atoms with van der Waals surface area (Å²) in [4.78, 5) is 18.0. The zero-order valence-electron chi connectivity index (χ0n) is 24.0. The fourth-order valence-electron chi connectivity index (χ4n) is 7.72. The molecule has 0 spiro atoms. The molecule has 3 aliphatic rings. The SMILES string of the molecule is CC1(C)c2ccccc2-c2cc(-c3ccc(N4c5ccccc5C5c6ccccc6N(c6ncncn6)C54)cc3)ccc21. The number of anilines is 4. The first-order valence-corrected chi connectivity index (χ1v) is 14.8. The minimum Gasteiger partial charge on any atom is -0.319 e. The largest absolute Gasteiger partial charge is 0.319 e. The molecule has 43 heavy (non-hydrogen) atoms. The first kappa shape index (κ1) is 24.3. The van der Waals surface area contributed by atoms with Crippen LogP contribution in [0.3, 0.4) is 0 Å². The van der Waals surface area contributed by atoms with Crippen molar-refractivity contribution in [3.8, 4) is 22.3 Å². The average Bonchev–Trinajstić information content (AvgIpc) is 3.65. The summed E-state index contributed by atoms with van der Waals surface area (Å²) in [7, 11) is 0. The van der Waals surface area contributed by atoms with Gasteiger partial charge in [-0.1, -0.05) is 98.8 Å². The van der Waals surface area contributed by atoms with Crippen LogP contribution >= 0.6 is 0 Å². The standard InChI is InChI=1S/C38H29N5/c1-38(2)31-12-6-3-9-27(31)30-21-25(17-20-32(30)38)24-15-18-26(19-16-24)42-33-13-7-4-10-28(33)35-29-11-5-8-14-34(29)43(36(35)42)37-40-22-39-23-41-37/h3-23,35-36H,1-2H3. The quantitative estimate of drug-likeness (QED) is 0.219. The van der Waals surface area contributed by atoms with Crippen molar-refractivity contribution in [3.05, 3.63) is 150 Å². The summed E-state index contributed by atoms with van der Waals surface area (Å²) in [6.07, 6.45) is 3.13. The van der Waals surface area contributed by atoms with E-state index in [9.17, 15) is 0 Å². The molecule has 0 fully saturated rings. The van der Waals surface area contributed by atoms with Crippen molar-refractivity contribution in [2.45, 2.75) is 31.3 Å². The molecule has 0 radical (unpaired) electrons. The molecule has 2 aliphatic heterocycles. The van der Waals surface area contributed by atoms with Crippen LogP contribution in [0.4, 0.5) is 23.0 Å². The summed E-state index contributed by atoms with van der Waals surface area (Å²) < 4.78 is 0. The van der Waals surface area contributed by atoms with E-state index in [2.05, 4.69) is 154 Å². The molecule has 1 aliphatic carbocycles. The van der Waals surface area contributed by atoms with Crippen LogP contribution in [0.1, 0.15) is 42.0 Å². The second kappa shape index (κ2) is 8.85. The molecule has 6 aromatic rings. The van der Waals surface area contributed by atoms with E-state index in [0.29, 0.717) is 5.95 Å². The van der Waals surface area contributed by atoms with Gasteiger partial charge in [-0.3, -0.25) is 4.90 Å². The van der Waals surface area contributed by atoms with Crippen molar-refractivity contribution in [3.63, 3.8) is 0 Å². The van der Waals surface area contributed by atoms with Crippen LogP contribution < -0.4 is 9.80 Å². The van der Waals surface area contributed by atoms with E-state index in [1.54, 1.807) is 12.7 Å². The van der Waals surface area contributed by atoms with Gasteiger partial charge in [0.15, 0.2) is 0 Å². The van der Waals surface area contributed by atoms with E-state index in [1.165, 1.54) is 50.2 Å². The molecule has 3 heterocycles. The molecule has 206 valence electrons. The molecule has 5 aromatic carbocycles. The third kappa shape index (κ3) is 3.36. The van der Waals surface area contributed by atoms with Gasteiger partial charge in [0.2, 0.25) is 5.95 Å². The monoisotopic (exact) mass is 555 g/mol. The number of aromatic nitrogens is 3. The highest BCUT2D eigenvalue weighted by Gasteiger charge is 2.50. The van der Waals surface area contributed by atoms with Crippen molar-refractivity contribution in [1.82, 2.24) is 15.0 Å². The predicted molar refractivity (Wildman–Crippen MR) is 172 cm³/mol. The molecule has 0 bridgehead atoms. The number of rotatable bonds is 3. The lowest BCUT2D eigenvalue weighted by atomic mass is 9.82. The minimum absolute atomic E-state index is 0.0112. The lowest BCUT2D eigenvalue weighted by Crippen LogP contribution is -2.41. The molecule has 5 nitrogen and oxygen atoms in total. The number of hydrogen-bond donors (Lipinski definition) is 0. The summed E-state index contributed by atoms with van der Waals surface area (Å²) >= 11 is 0. The Bertz CT molecular complexity index is 2020. The van der Waals surface area contributed by atoms with Gasteiger partial charge < -0.3 is 4.90 Å². The molecule has 0 saturated carbocycles. The van der Waals surface area contributed by atoms with Gasteiger partial charge >= 0.3 is 0 Å². The van der Waals surface area contributed by atoms with Gasteiger partial charge in [0.1, 0.15) is 18.8 Å². The fourth-order valence-corrected chi connectivity index (χ4v) is 7.72. The Morgan fingerprint density at radius 2 is 1.19 bits per heavy atom. The number of fused-ring (bicyclic) bond motifs is 8. The van der Waals surface area contributed by atoms with Crippen molar-refractivity contribution < 1.29 is 0 Å². The molecule has 0 saturated heterocycles. The average molecular weight is 556 g/mol. The van der Waals surface area contributed by atoms with Crippen LogP contribution in [-0.4, -0.2) is 21.1 Å². The van der Waals surface area contributed by atoms with Gasteiger partial charge in [-0.05, 0) is 74.8 Å². The normalized spacial score (nSPS) is 18.6. The van der Waals surface area contributed by atoms with E-state index >= 15 is 0 Å². The predicted octanol–water partition coefficient (Wildman–Crippen LogP) is 8.61. The Hall–Kier alpha value is -5.29. The van der Waals surface area contributed by atoms with E-state index < -0.39 is 0 Å². The van der Waals surface area contributed by atoms with Crippen molar-refractivity contribution in [2.24, 2.45) is 0 Å². The topological polar surface area (TPSA) is 45.2 Å². The molecule has 1 aromatic heterocycles. The van der Waals surface area contributed by atoms with Gasteiger partial charge in [-0.15, -0.1) is 0 Å². The summed E-state index contributed by atoms with van der Waals surface area (Å²) in [5, 5.41) is 0. The van der Waals surface area contributed by atoms with E-state index in [0.717, 1.165) is 11.4 Å². The number of hydrogen-bond acceptors (Lipinski definition) is 5. The first-order valence-electron chi connectivity index (χ1n) is 14.8. The third-order valence-electron chi connectivity index (χ3n) is 9.65. The highest BCUT2D eigenvalue weighted by Crippen LogP contribution is 2.57. The van der Waals surface area contributed by atoms with Crippen LogP contribution in [0.5, 0.6) is 0 Å². The van der Waals surface area contributed by atoms with E-state index in [1.807, 2.05) is 0 Å². The highest BCUT2D eigenvalue weighted by molar-refractivity contribution is 5.86. The van der Waals surface area contributed by atoms with E-state index in [4.69, 9.17) is 0 Å². The highest BCUT2D eigenvalue weighted by atomic mass is 15.4. The maximum absolute atomic E-state index is 4.60. The summed E-state index contributed by atoms with van der Waals surface area (Å²) in [6, 6.07) is 42.2. The van der Waals surface area contributed by atoms with Crippen LogP contribution in [0.2, 0.25) is 0 Å². The zero-order chi connectivity index (χ0) is 28.7. The smallest absolute Gasteiger partial charge is 0.234 e. The maximum atomic E-state index is 4.60. The van der Waals surface area contributed by atoms with Crippen molar-refractivity contribution in [1.29, 1.82) is 0 Å². The number of para-hydroxylation sites is 2. The molecule has 5 heteroatoms. The lowest BCUT2D eigenvalue weighted by molar-refractivity contribution is 0.656. The van der Waals surface area contributed by atoms with Crippen molar-refractivity contribution >= 4 is 23.0 Å². The molecule has 2 unspecified atom stereocenters. The van der Waals surface area contributed by atoms with Crippen LogP contribution in [0.25, 0.3) is 22.3 Å². The molecular weight excluding hydrogens is 526 g/mol. The number of nitrogens with zero attached hydrogens (tertiary/aromatic N) is 5. The Morgan fingerprint density at radius 1 is 0.581 bits per heavy atom. The molecule has 9 rings (SSSR count). The summed E-state index contributed by atoms with van der Waals surface area (Å²) in [5.41, 5.74) is 14.1. The first-order chi connectivity index (χ1) is 21.1. The Kier molecular flexibility index (Phi) is 5.01. The van der Waals surface area contributed by atoms with Gasteiger partial charge in [0.25, 0.3) is 0 Å². The molecule has 0 N–H and O–H groups in total. The molecule has 2 atom stereocenters. The van der Waals surface area contributed by atoms with Crippen LogP contribution in [-0.2, 0) is 5.41 Å². The molecular formula is C38H29N5. The minimum atomic E-state index is -0.0261. The lowest BCUT2D eigenvalue weighted by Gasteiger charge is -2.34. The van der Waals surface area contributed by atoms with Gasteiger partial charge in [0, 0.05) is 16.8 Å². The number of benzene rings is 5. The van der Waals surface area contributed by atoms with Gasteiger partial charge in [0.05, 0.1) is 11.6 Å². The Labute approximate surface area is 251 Å². The molecule has 0 amide bonds. The fraction of sp³-hybridized carbons (Fsp3) is 0.132. The summed E-state index contributed by atoms with van der Waals surface area (Å²) in [6.45, 7) is 4.66. The summed E-state index contributed by atoms with van der Waals surface area (Å²) in [5.74, 6) is 0.828. The van der Waals surface area contributed by atoms with Gasteiger partial charge in [-0.25, -0.2) is 15.0 Å². The second-order valence-electron chi connectivity index (χ2n) is 12.2.